The average Bonchev–Trinajstić information content (AvgIpc) is 3.27. The lowest BCUT2D eigenvalue weighted by atomic mass is 9.92. The molecule has 1 unspecified atom stereocenters. The third-order valence-corrected chi connectivity index (χ3v) is 7.97. The SMILES string of the molecule is Cc1nc2cc3nn2c(c1C(OC(C)(C)C)C(=O)O)N1CCC(C)(CC1)OCCCc1ccccc1CCC3. The van der Waals surface area contributed by atoms with Gasteiger partial charge in [-0.05, 0) is 90.7 Å². The molecule has 8 heteroatoms. The highest BCUT2D eigenvalue weighted by Crippen LogP contribution is 2.38. The number of aromatic nitrogens is 3. The molecule has 0 amide bonds. The predicted octanol–water partition coefficient (Wildman–Crippen LogP) is 5.48. The number of hydrogen-bond acceptors (Lipinski definition) is 6. The number of rotatable bonds is 3. The number of carbonyl (C=O) groups is 1. The second-order valence-corrected chi connectivity index (χ2v) is 12.3. The monoisotopic (exact) mass is 534 g/mol. The van der Waals surface area contributed by atoms with Crippen molar-refractivity contribution in [3.8, 4) is 0 Å². The summed E-state index contributed by atoms with van der Waals surface area (Å²) in [6, 6.07) is 10.8. The molecule has 0 aliphatic carbocycles. The Bertz CT molecular complexity index is 1330. The number of aliphatic carboxylic acids is 1. The first-order chi connectivity index (χ1) is 18.5. The Kier molecular flexibility index (Phi) is 7.71. The summed E-state index contributed by atoms with van der Waals surface area (Å²) in [4.78, 5) is 19.7. The number of benzene rings is 1. The molecular formula is C31H42N4O4. The van der Waals surface area contributed by atoms with E-state index in [1.165, 1.54) is 11.1 Å². The number of carboxylic acid groups (broad SMARTS) is 1. The molecule has 210 valence electrons. The summed E-state index contributed by atoms with van der Waals surface area (Å²) in [5, 5.41) is 15.3. The Morgan fingerprint density at radius 3 is 2.41 bits per heavy atom. The smallest absolute Gasteiger partial charge is 0.337 e. The Hall–Kier alpha value is -2.97. The van der Waals surface area contributed by atoms with Crippen LogP contribution in [0.2, 0.25) is 0 Å². The van der Waals surface area contributed by atoms with Crippen molar-refractivity contribution < 1.29 is 19.4 Å². The third-order valence-electron chi connectivity index (χ3n) is 7.97. The largest absolute Gasteiger partial charge is 0.479 e. The van der Waals surface area contributed by atoms with Crippen LogP contribution in [0.1, 0.15) is 87.6 Å². The van der Waals surface area contributed by atoms with Crippen LogP contribution in [-0.4, -0.2) is 56.6 Å². The minimum atomic E-state index is -1.15. The maximum absolute atomic E-state index is 12.6. The first-order valence-corrected chi connectivity index (χ1v) is 14.3. The van der Waals surface area contributed by atoms with E-state index in [2.05, 4.69) is 36.1 Å². The topological polar surface area (TPSA) is 89.2 Å². The standard InChI is InChI=1S/C31H42N4O4/c1-21-26(27(29(36)37)39-30(2,3)4)28-34-17-15-31(5,16-18-34)38-19-9-13-23-11-7-6-10-22(23)12-8-14-24-20-25(32-21)35(28)33-24/h6-7,10-11,20,27H,8-9,12-19H2,1-5H3,(H,36,37). The van der Waals surface area contributed by atoms with Crippen molar-refractivity contribution in [2.24, 2.45) is 0 Å². The van der Waals surface area contributed by atoms with Gasteiger partial charge in [-0.1, -0.05) is 24.3 Å². The number of piperidine rings is 1. The molecule has 8 nitrogen and oxygen atoms in total. The number of anilines is 1. The minimum Gasteiger partial charge on any atom is -0.479 e. The van der Waals surface area contributed by atoms with E-state index in [1.54, 1.807) is 0 Å². The molecule has 3 aromatic rings. The van der Waals surface area contributed by atoms with Gasteiger partial charge in [0.15, 0.2) is 11.8 Å². The Balaban J connectivity index is 1.60. The predicted molar refractivity (Wildman–Crippen MR) is 152 cm³/mol. The number of ether oxygens (including phenoxy) is 2. The Labute approximate surface area is 231 Å². The van der Waals surface area contributed by atoms with Gasteiger partial charge in [-0.2, -0.15) is 9.61 Å². The van der Waals surface area contributed by atoms with Crippen LogP contribution >= 0.6 is 0 Å². The van der Waals surface area contributed by atoms with Gasteiger partial charge in [-0.15, -0.1) is 0 Å². The summed E-state index contributed by atoms with van der Waals surface area (Å²) in [7, 11) is 0. The van der Waals surface area contributed by atoms with Crippen molar-refractivity contribution in [2.75, 3.05) is 24.6 Å². The van der Waals surface area contributed by atoms with E-state index in [4.69, 9.17) is 19.6 Å². The summed E-state index contributed by atoms with van der Waals surface area (Å²) in [5.41, 5.74) is 4.89. The lowest BCUT2D eigenvalue weighted by molar-refractivity contribution is -0.160. The van der Waals surface area contributed by atoms with E-state index in [-0.39, 0.29) is 5.60 Å². The van der Waals surface area contributed by atoms with Gasteiger partial charge in [0.1, 0.15) is 5.82 Å². The van der Waals surface area contributed by atoms with Crippen molar-refractivity contribution >= 4 is 17.4 Å². The summed E-state index contributed by atoms with van der Waals surface area (Å²) >= 11 is 0. The molecule has 4 bridgehead atoms. The van der Waals surface area contributed by atoms with Crippen molar-refractivity contribution in [2.45, 2.75) is 96.9 Å². The fourth-order valence-electron chi connectivity index (χ4n) is 5.90. The highest BCUT2D eigenvalue weighted by molar-refractivity contribution is 5.78. The Morgan fingerprint density at radius 1 is 1.10 bits per heavy atom. The molecule has 1 aromatic carbocycles. The molecule has 1 fully saturated rings. The second-order valence-electron chi connectivity index (χ2n) is 12.3. The molecule has 3 aliphatic rings. The number of hydrogen-bond donors (Lipinski definition) is 1. The van der Waals surface area contributed by atoms with Crippen molar-refractivity contribution in [3.63, 3.8) is 0 Å². The van der Waals surface area contributed by atoms with Crippen LogP contribution in [0.4, 0.5) is 5.82 Å². The van der Waals surface area contributed by atoms with Crippen LogP contribution in [0.15, 0.2) is 30.3 Å². The lowest BCUT2D eigenvalue weighted by Crippen LogP contribution is -2.46. The van der Waals surface area contributed by atoms with E-state index < -0.39 is 17.7 Å². The zero-order valence-electron chi connectivity index (χ0n) is 24.0. The van der Waals surface area contributed by atoms with Gasteiger partial charge in [-0.25, -0.2) is 9.78 Å². The molecule has 2 aromatic heterocycles. The van der Waals surface area contributed by atoms with E-state index in [9.17, 15) is 9.90 Å². The van der Waals surface area contributed by atoms with Crippen LogP contribution in [0.5, 0.6) is 0 Å². The first kappa shape index (κ1) is 27.6. The number of nitrogens with zero attached hydrogens (tertiary/aromatic N) is 4. The lowest BCUT2D eigenvalue weighted by Gasteiger charge is -2.41. The van der Waals surface area contributed by atoms with Gasteiger partial charge in [0.2, 0.25) is 0 Å². The molecule has 0 radical (unpaired) electrons. The highest BCUT2D eigenvalue weighted by Gasteiger charge is 2.37. The summed E-state index contributed by atoms with van der Waals surface area (Å²) in [6.07, 6.45) is 5.35. The average molecular weight is 535 g/mol. The zero-order valence-corrected chi connectivity index (χ0v) is 24.0. The molecule has 1 saturated heterocycles. The third kappa shape index (κ3) is 6.12. The fraction of sp³-hybridized carbons (Fsp3) is 0.581. The van der Waals surface area contributed by atoms with Gasteiger partial charge in [-0.3, -0.25) is 0 Å². The molecule has 39 heavy (non-hydrogen) atoms. The van der Waals surface area contributed by atoms with E-state index in [0.29, 0.717) is 11.3 Å². The van der Waals surface area contributed by atoms with Gasteiger partial charge in [0.25, 0.3) is 0 Å². The molecule has 1 N–H and O–H groups in total. The molecule has 0 spiro atoms. The van der Waals surface area contributed by atoms with E-state index in [0.717, 1.165) is 81.8 Å². The molecule has 1 atom stereocenters. The van der Waals surface area contributed by atoms with Crippen LogP contribution in [-0.2, 0) is 33.5 Å². The zero-order chi connectivity index (χ0) is 27.8. The van der Waals surface area contributed by atoms with Gasteiger partial charge >= 0.3 is 5.97 Å². The normalized spacial score (nSPS) is 19.2. The minimum absolute atomic E-state index is 0.214. The maximum Gasteiger partial charge on any atom is 0.337 e. The van der Waals surface area contributed by atoms with E-state index in [1.807, 2.05) is 38.3 Å². The Morgan fingerprint density at radius 2 is 1.77 bits per heavy atom. The van der Waals surface area contributed by atoms with Crippen LogP contribution in [0, 0.1) is 6.92 Å². The first-order valence-electron chi connectivity index (χ1n) is 14.3. The van der Waals surface area contributed by atoms with Crippen molar-refractivity contribution in [1.29, 1.82) is 0 Å². The second kappa shape index (κ2) is 10.9. The molecule has 0 saturated carbocycles. The quantitative estimate of drug-likeness (QED) is 0.476. The molecule has 5 heterocycles. The highest BCUT2D eigenvalue weighted by atomic mass is 16.5. The van der Waals surface area contributed by atoms with Crippen molar-refractivity contribution in [1.82, 2.24) is 14.6 Å². The number of carboxylic acids is 1. The van der Waals surface area contributed by atoms with Gasteiger partial charge < -0.3 is 19.5 Å². The van der Waals surface area contributed by atoms with Gasteiger partial charge in [0, 0.05) is 31.5 Å². The fourth-order valence-corrected chi connectivity index (χ4v) is 5.90. The van der Waals surface area contributed by atoms with E-state index >= 15 is 0 Å². The molecule has 6 rings (SSSR count). The van der Waals surface area contributed by atoms with Crippen LogP contribution < -0.4 is 4.90 Å². The van der Waals surface area contributed by atoms with Crippen molar-refractivity contribution in [3.05, 3.63) is 58.4 Å². The summed E-state index contributed by atoms with van der Waals surface area (Å²) in [5.74, 6) is -0.248. The molecular weight excluding hydrogens is 492 g/mol. The molecule has 3 aliphatic heterocycles. The van der Waals surface area contributed by atoms with Gasteiger partial charge in [0.05, 0.1) is 22.5 Å². The van der Waals surface area contributed by atoms with Crippen LogP contribution in [0.3, 0.4) is 0 Å². The summed E-state index contributed by atoms with van der Waals surface area (Å²) in [6.45, 7) is 11.9. The number of fused-ring (bicyclic) bond motifs is 7. The number of aryl methyl sites for hydroxylation is 4. The summed E-state index contributed by atoms with van der Waals surface area (Å²) < 4.78 is 14.5. The maximum atomic E-state index is 12.6. The van der Waals surface area contributed by atoms with Crippen LogP contribution in [0.25, 0.3) is 5.65 Å².